The number of halogens is 2. The number of anilines is 1. The molecule has 0 saturated carbocycles. The first kappa shape index (κ1) is 26.7. The maximum Gasteiger partial charge on any atom is 0.245 e. The van der Waals surface area contributed by atoms with Crippen LogP contribution in [0.5, 0.6) is 0 Å². The molecule has 5 aromatic rings. The summed E-state index contributed by atoms with van der Waals surface area (Å²) in [6, 6.07) is 16.1. The fraction of sp³-hybridized carbons (Fsp3) is 0.233. The van der Waals surface area contributed by atoms with Gasteiger partial charge < -0.3 is 10.6 Å². The molecule has 1 aliphatic heterocycles. The number of rotatable bonds is 7. The van der Waals surface area contributed by atoms with E-state index < -0.39 is 29.7 Å². The number of likely N-dealkylation sites (tertiary alicyclic amines) is 1. The topological polar surface area (TPSA) is 111 Å². The molecule has 1 saturated heterocycles. The average molecular weight is 574 g/mol. The molecule has 0 spiro atoms. The van der Waals surface area contributed by atoms with Gasteiger partial charge in [0.1, 0.15) is 24.2 Å². The molecule has 8 nitrogen and oxygen atoms in total. The van der Waals surface area contributed by atoms with Gasteiger partial charge in [-0.15, -0.1) is 0 Å². The number of ketones is 2. The zero-order chi connectivity index (χ0) is 28.8. The van der Waals surface area contributed by atoms with Gasteiger partial charge in [0.2, 0.25) is 5.91 Å². The first-order chi connectivity index (χ1) is 19.7. The lowest BCUT2D eigenvalue weighted by Crippen LogP contribution is -2.43. The van der Waals surface area contributed by atoms with E-state index >= 15 is 4.39 Å². The van der Waals surface area contributed by atoms with E-state index in [1.165, 1.54) is 33.9 Å². The zero-order valence-corrected chi connectivity index (χ0v) is 22.8. The van der Waals surface area contributed by atoms with Crippen molar-refractivity contribution in [1.29, 1.82) is 0 Å². The Morgan fingerprint density at radius 3 is 2.71 bits per heavy atom. The van der Waals surface area contributed by atoms with E-state index in [1.807, 2.05) is 6.07 Å². The van der Waals surface area contributed by atoms with Gasteiger partial charge in [-0.1, -0.05) is 53.8 Å². The summed E-state index contributed by atoms with van der Waals surface area (Å²) in [6.45, 7) is 0.885. The Morgan fingerprint density at radius 1 is 1.10 bits per heavy atom. The predicted octanol–water partition coefficient (Wildman–Crippen LogP) is 4.99. The van der Waals surface area contributed by atoms with Crippen LogP contribution >= 0.6 is 11.3 Å². The second kappa shape index (κ2) is 10.5. The fourth-order valence-corrected chi connectivity index (χ4v) is 6.16. The number of amides is 1. The third-order valence-electron chi connectivity index (χ3n) is 7.38. The zero-order valence-electron chi connectivity index (χ0n) is 22.0. The lowest BCUT2D eigenvalue weighted by atomic mass is 9.96. The number of thiazole rings is 1. The van der Waals surface area contributed by atoms with Gasteiger partial charge in [-0.05, 0) is 29.3 Å². The van der Waals surface area contributed by atoms with Crippen LogP contribution in [0.2, 0.25) is 0 Å². The highest BCUT2D eigenvalue weighted by Crippen LogP contribution is 2.32. The monoisotopic (exact) mass is 573 g/mol. The Balaban J connectivity index is 1.23. The highest BCUT2D eigenvalue weighted by molar-refractivity contribution is 7.22. The van der Waals surface area contributed by atoms with E-state index in [0.717, 1.165) is 4.70 Å². The molecular weight excluding hydrogens is 548 g/mol. The van der Waals surface area contributed by atoms with E-state index in [4.69, 9.17) is 5.73 Å². The highest BCUT2D eigenvalue weighted by atomic mass is 32.1. The van der Waals surface area contributed by atoms with Gasteiger partial charge in [0.15, 0.2) is 16.7 Å². The first-order valence-electron chi connectivity index (χ1n) is 13.1. The van der Waals surface area contributed by atoms with Crippen LogP contribution in [0.15, 0.2) is 60.7 Å². The van der Waals surface area contributed by atoms with Crippen molar-refractivity contribution in [1.82, 2.24) is 19.7 Å². The lowest BCUT2D eigenvalue weighted by molar-refractivity contribution is -0.138. The Kier molecular flexibility index (Phi) is 6.82. The molecule has 208 valence electrons. The van der Waals surface area contributed by atoms with E-state index in [9.17, 15) is 18.8 Å². The minimum atomic E-state index is -1.39. The minimum absolute atomic E-state index is 0.157. The summed E-state index contributed by atoms with van der Waals surface area (Å²) in [5.41, 5.74) is 8.32. The second-order valence-electron chi connectivity index (χ2n) is 10.1. The molecule has 3 heterocycles. The van der Waals surface area contributed by atoms with Crippen molar-refractivity contribution in [2.45, 2.75) is 38.5 Å². The Hall–Kier alpha value is -4.51. The molecule has 1 amide bonds. The number of fused-ring (bicyclic) bond motifs is 2. The number of nitrogens with two attached hydrogens (primary N) is 1. The quantitative estimate of drug-likeness (QED) is 0.275. The third-order valence-corrected chi connectivity index (χ3v) is 8.24. The summed E-state index contributed by atoms with van der Waals surface area (Å²) >= 11 is 1.34. The normalized spacial score (nSPS) is 17.0. The molecule has 1 aliphatic rings. The summed E-state index contributed by atoms with van der Waals surface area (Å²) in [4.78, 5) is 44.3. The van der Waals surface area contributed by atoms with E-state index in [0.29, 0.717) is 32.7 Å². The number of nitrogen functional groups attached to an aromatic ring is 1. The molecule has 11 heteroatoms. The van der Waals surface area contributed by atoms with Crippen molar-refractivity contribution in [2.24, 2.45) is 0 Å². The Bertz CT molecular complexity index is 1850. The molecule has 0 aliphatic carbocycles. The smallest absolute Gasteiger partial charge is 0.245 e. The van der Waals surface area contributed by atoms with Gasteiger partial charge in [0, 0.05) is 30.7 Å². The van der Waals surface area contributed by atoms with Gasteiger partial charge in [0.25, 0.3) is 0 Å². The number of aromatic nitrogens is 3. The first-order valence-corrected chi connectivity index (χ1v) is 13.9. The van der Waals surface area contributed by atoms with Crippen LogP contribution in [0.1, 0.15) is 29.4 Å². The molecule has 41 heavy (non-hydrogen) atoms. The molecule has 2 aromatic heterocycles. The second-order valence-corrected chi connectivity index (χ2v) is 11.2. The fourth-order valence-electron chi connectivity index (χ4n) is 5.45. The largest absolute Gasteiger partial charge is 0.375 e. The van der Waals surface area contributed by atoms with Crippen molar-refractivity contribution < 1.29 is 23.2 Å². The van der Waals surface area contributed by atoms with Gasteiger partial charge in [-0.3, -0.25) is 19.1 Å². The van der Waals surface area contributed by atoms with Crippen molar-refractivity contribution in [3.8, 4) is 11.1 Å². The summed E-state index contributed by atoms with van der Waals surface area (Å²) in [6.07, 6.45) is -1.85. The molecule has 2 atom stereocenters. The molecule has 6 rings (SSSR count). The Labute approximate surface area is 237 Å². The number of alkyl halides is 1. The molecular formula is C30H25F2N5O3S. The number of para-hydroxylation sites is 1. The number of benzene rings is 3. The van der Waals surface area contributed by atoms with E-state index in [1.54, 1.807) is 48.5 Å². The maximum atomic E-state index is 15.7. The number of hydrogen-bond donors (Lipinski definition) is 1. The van der Waals surface area contributed by atoms with Gasteiger partial charge in [-0.2, -0.15) is 5.10 Å². The summed E-state index contributed by atoms with van der Waals surface area (Å²) in [5.74, 6) is -1.76. The number of carbonyl (C=O) groups excluding carboxylic acids is 3. The number of Topliss-reactive ketones (excluding diaryl/α,β-unsaturated/α-hetero) is 2. The Morgan fingerprint density at radius 2 is 1.90 bits per heavy atom. The van der Waals surface area contributed by atoms with Crippen molar-refractivity contribution in [3.63, 3.8) is 0 Å². The molecule has 3 aromatic carbocycles. The third kappa shape index (κ3) is 4.97. The van der Waals surface area contributed by atoms with Gasteiger partial charge >= 0.3 is 0 Å². The minimum Gasteiger partial charge on any atom is -0.375 e. The standard InChI is InChI=1S/C30H25F2N5O3S/c1-16(38)29-21-6-2-3-8-23(21)37(35-29)15-27(40)36-14-19(31)13-24(36)25(39)12-18-5-4-7-20(28(18)32)17-9-10-26-22(11-17)34-30(33)41-26/h2-11,19,24H,12-15H2,1H3,(H2,33,34)/t19-,24+/m1/s1. The van der Waals surface area contributed by atoms with Crippen LogP contribution in [-0.2, 0) is 22.6 Å². The molecule has 0 radical (unpaired) electrons. The number of hydrogen-bond acceptors (Lipinski definition) is 7. The summed E-state index contributed by atoms with van der Waals surface area (Å²) in [5, 5.41) is 5.33. The maximum absolute atomic E-state index is 15.7. The SMILES string of the molecule is CC(=O)c1nn(CC(=O)N2C[C@H](F)C[C@H]2C(=O)Cc2cccc(-c3ccc4sc(N)nc4c3)c2F)c2ccccc12. The van der Waals surface area contributed by atoms with Gasteiger partial charge in [-0.25, -0.2) is 13.8 Å². The molecule has 0 bridgehead atoms. The van der Waals surface area contributed by atoms with Crippen molar-refractivity contribution in [2.75, 3.05) is 12.3 Å². The number of nitrogens with zero attached hydrogens (tertiary/aromatic N) is 4. The molecule has 2 N–H and O–H groups in total. The van der Waals surface area contributed by atoms with Crippen LogP contribution in [0.3, 0.4) is 0 Å². The van der Waals surface area contributed by atoms with Crippen LogP contribution in [-0.4, -0.2) is 55.9 Å². The van der Waals surface area contributed by atoms with Crippen molar-refractivity contribution in [3.05, 3.63) is 77.7 Å². The molecule has 1 fully saturated rings. The van der Waals surface area contributed by atoms with Crippen LogP contribution in [0.25, 0.3) is 32.2 Å². The average Bonchev–Trinajstić information content (AvgIpc) is 3.63. The van der Waals surface area contributed by atoms with E-state index in [-0.39, 0.29) is 43.0 Å². The molecule has 0 unspecified atom stereocenters. The van der Waals surface area contributed by atoms with Gasteiger partial charge in [0.05, 0.1) is 28.3 Å². The lowest BCUT2D eigenvalue weighted by Gasteiger charge is -2.23. The van der Waals surface area contributed by atoms with E-state index in [2.05, 4.69) is 10.1 Å². The van der Waals surface area contributed by atoms with Crippen LogP contribution in [0, 0.1) is 5.82 Å². The van der Waals surface area contributed by atoms with Crippen LogP contribution < -0.4 is 5.73 Å². The summed E-state index contributed by atoms with van der Waals surface area (Å²) < 4.78 is 32.5. The van der Waals surface area contributed by atoms with Crippen LogP contribution in [0.4, 0.5) is 13.9 Å². The summed E-state index contributed by atoms with van der Waals surface area (Å²) in [7, 11) is 0. The highest BCUT2D eigenvalue weighted by Gasteiger charge is 2.40. The number of carbonyl (C=O) groups is 3. The van der Waals surface area contributed by atoms with Crippen molar-refractivity contribution >= 4 is 55.1 Å². The predicted molar refractivity (Wildman–Crippen MR) is 153 cm³/mol.